The third-order valence-corrected chi connectivity index (χ3v) is 2.09. The lowest BCUT2D eigenvalue weighted by atomic mass is 10.3. The van der Waals surface area contributed by atoms with E-state index < -0.39 is 6.43 Å². The van der Waals surface area contributed by atoms with Gasteiger partial charge in [0.25, 0.3) is 6.43 Å². The van der Waals surface area contributed by atoms with Gasteiger partial charge in [0.2, 0.25) is 0 Å². The van der Waals surface area contributed by atoms with E-state index in [-0.39, 0.29) is 5.69 Å². The summed E-state index contributed by atoms with van der Waals surface area (Å²) in [6.45, 7) is 3.60. The molecule has 0 aliphatic rings. The van der Waals surface area contributed by atoms with Crippen LogP contribution in [0.15, 0.2) is 37.3 Å². The van der Waals surface area contributed by atoms with Crippen LogP contribution in [0.2, 0.25) is 0 Å². The van der Waals surface area contributed by atoms with Gasteiger partial charge in [-0.05, 0) is 12.1 Å². The molecule has 0 bridgehead atoms. The van der Waals surface area contributed by atoms with Crippen LogP contribution in [0.1, 0.15) is 17.7 Å². The zero-order chi connectivity index (χ0) is 11.5. The Balaban J connectivity index is 2.39. The maximum absolute atomic E-state index is 12.4. The molecule has 0 radical (unpaired) electrons. The number of hydrogen-bond donors (Lipinski definition) is 0. The monoisotopic (exact) mass is 221 g/mol. The lowest BCUT2D eigenvalue weighted by Gasteiger charge is -2.03. The van der Waals surface area contributed by atoms with E-state index in [4.69, 9.17) is 0 Å². The number of rotatable bonds is 3. The predicted octanol–water partition coefficient (Wildman–Crippen LogP) is 2.85. The molecule has 0 aromatic carbocycles. The first kappa shape index (κ1) is 10.5. The second kappa shape index (κ2) is 4.22. The van der Waals surface area contributed by atoms with Gasteiger partial charge in [0.1, 0.15) is 5.69 Å². The lowest BCUT2D eigenvalue weighted by Crippen LogP contribution is -1.97. The van der Waals surface area contributed by atoms with Crippen LogP contribution in [0.3, 0.4) is 0 Å². The second-order valence-electron chi connectivity index (χ2n) is 3.16. The van der Waals surface area contributed by atoms with Crippen molar-refractivity contribution in [3.05, 3.63) is 48.6 Å². The smallest absolute Gasteiger partial charge is 0.255 e. The highest BCUT2D eigenvalue weighted by molar-refractivity contribution is 5.45. The fourth-order valence-electron chi connectivity index (χ4n) is 1.28. The summed E-state index contributed by atoms with van der Waals surface area (Å²) < 4.78 is 26.4. The second-order valence-corrected chi connectivity index (χ2v) is 3.16. The molecule has 82 valence electrons. The Hall–Kier alpha value is -2.04. The van der Waals surface area contributed by atoms with Gasteiger partial charge in [-0.1, -0.05) is 12.7 Å². The molecule has 2 heterocycles. The first-order valence-corrected chi connectivity index (χ1v) is 4.62. The molecular weight excluding hydrogens is 212 g/mol. The summed E-state index contributed by atoms with van der Waals surface area (Å²) in [4.78, 5) is 3.58. The Morgan fingerprint density at radius 3 is 2.88 bits per heavy atom. The molecule has 0 saturated carbocycles. The molecule has 2 aromatic rings. The normalized spacial score (nSPS) is 10.7. The van der Waals surface area contributed by atoms with Gasteiger partial charge in [-0.3, -0.25) is 4.98 Å². The molecule has 0 N–H and O–H groups in total. The Morgan fingerprint density at radius 2 is 2.25 bits per heavy atom. The molecule has 5 heteroatoms. The molecule has 3 nitrogen and oxygen atoms in total. The van der Waals surface area contributed by atoms with Crippen LogP contribution in [0.5, 0.6) is 0 Å². The van der Waals surface area contributed by atoms with Crippen molar-refractivity contribution >= 4 is 6.08 Å². The standard InChI is InChI=1S/C11H9F2N3/c1-2-8-6-15-16(7-8)9-3-4-14-10(5-9)11(12)13/h2-7,11H,1H2. The van der Waals surface area contributed by atoms with Crippen LogP contribution < -0.4 is 0 Å². The summed E-state index contributed by atoms with van der Waals surface area (Å²) in [5.41, 5.74) is 1.13. The third-order valence-electron chi connectivity index (χ3n) is 2.09. The van der Waals surface area contributed by atoms with E-state index in [2.05, 4.69) is 16.7 Å². The van der Waals surface area contributed by atoms with Gasteiger partial charge < -0.3 is 0 Å². The fraction of sp³-hybridized carbons (Fsp3) is 0.0909. The molecule has 2 aromatic heterocycles. The van der Waals surface area contributed by atoms with Gasteiger partial charge in [0.15, 0.2) is 0 Å². The van der Waals surface area contributed by atoms with E-state index >= 15 is 0 Å². The van der Waals surface area contributed by atoms with Gasteiger partial charge in [0.05, 0.1) is 11.9 Å². The number of alkyl halides is 2. The van der Waals surface area contributed by atoms with Crippen LogP contribution in [0.25, 0.3) is 11.8 Å². The molecule has 0 fully saturated rings. The molecule has 0 atom stereocenters. The maximum atomic E-state index is 12.4. The Kier molecular flexibility index (Phi) is 2.76. The van der Waals surface area contributed by atoms with Crippen LogP contribution in [0, 0.1) is 0 Å². The summed E-state index contributed by atoms with van der Waals surface area (Å²) in [5, 5.41) is 4.03. The van der Waals surface area contributed by atoms with Crippen LogP contribution in [0.4, 0.5) is 8.78 Å². The van der Waals surface area contributed by atoms with Crippen LogP contribution >= 0.6 is 0 Å². The molecule has 0 spiro atoms. The molecule has 0 unspecified atom stereocenters. The number of nitrogens with zero attached hydrogens (tertiary/aromatic N) is 3. The van der Waals surface area contributed by atoms with Gasteiger partial charge in [-0.15, -0.1) is 0 Å². The largest absolute Gasteiger partial charge is 0.280 e. The van der Waals surface area contributed by atoms with E-state index in [1.54, 1.807) is 24.5 Å². The van der Waals surface area contributed by atoms with Crippen molar-refractivity contribution in [1.82, 2.24) is 14.8 Å². The highest BCUT2D eigenvalue weighted by atomic mass is 19.3. The van der Waals surface area contributed by atoms with E-state index in [0.29, 0.717) is 5.69 Å². The van der Waals surface area contributed by atoms with Crippen molar-refractivity contribution in [3.8, 4) is 5.69 Å². The summed E-state index contributed by atoms with van der Waals surface area (Å²) in [6.07, 6.45) is 3.71. The quantitative estimate of drug-likeness (QED) is 0.797. The van der Waals surface area contributed by atoms with Crippen molar-refractivity contribution in [1.29, 1.82) is 0 Å². The summed E-state index contributed by atoms with van der Waals surface area (Å²) >= 11 is 0. The van der Waals surface area contributed by atoms with Crippen molar-refractivity contribution in [2.24, 2.45) is 0 Å². The minimum atomic E-state index is -2.57. The summed E-state index contributed by atoms with van der Waals surface area (Å²) in [6, 6.07) is 2.93. The van der Waals surface area contributed by atoms with Crippen molar-refractivity contribution < 1.29 is 8.78 Å². The number of pyridine rings is 1. The number of hydrogen-bond acceptors (Lipinski definition) is 2. The fourth-order valence-corrected chi connectivity index (χ4v) is 1.28. The minimum Gasteiger partial charge on any atom is -0.255 e. The van der Waals surface area contributed by atoms with Gasteiger partial charge in [-0.25, -0.2) is 13.5 Å². The summed E-state index contributed by atoms with van der Waals surface area (Å²) in [7, 11) is 0. The minimum absolute atomic E-state index is 0.256. The Morgan fingerprint density at radius 1 is 1.44 bits per heavy atom. The topological polar surface area (TPSA) is 30.7 Å². The van der Waals surface area contributed by atoms with Crippen molar-refractivity contribution in [3.63, 3.8) is 0 Å². The van der Waals surface area contributed by atoms with Gasteiger partial charge in [-0.2, -0.15) is 5.10 Å². The lowest BCUT2D eigenvalue weighted by molar-refractivity contribution is 0.146. The average molecular weight is 221 g/mol. The highest BCUT2D eigenvalue weighted by Gasteiger charge is 2.09. The highest BCUT2D eigenvalue weighted by Crippen LogP contribution is 2.18. The van der Waals surface area contributed by atoms with Gasteiger partial charge >= 0.3 is 0 Å². The summed E-state index contributed by atoms with van der Waals surface area (Å²) in [5.74, 6) is 0. The third kappa shape index (κ3) is 1.98. The molecule has 0 amide bonds. The number of aromatic nitrogens is 3. The molecule has 0 aliphatic carbocycles. The van der Waals surface area contributed by atoms with Crippen LogP contribution in [-0.2, 0) is 0 Å². The molecule has 2 rings (SSSR count). The zero-order valence-electron chi connectivity index (χ0n) is 8.35. The Labute approximate surface area is 91.1 Å². The molecule has 0 aliphatic heterocycles. The van der Waals surface area contributed by atoms with E-state index in [9.17, 15) is 8.78 Å². The zero-order valence-corrected chi connectivity index (χ0v) is 8.35. The van der Waals surface area contributed by atoms with Crippen LogP contribution in [-0.4, -0.2) is 14.8 Å². The first-order valence-electron chi connectivity index (χ1n) is 4.62. The van der Waals surface area contributed by atoms with E-state index in [0.717, 1.165) is 5.56 Å². The first-order chi connectivity index (χ1) is 7.70. The molecular formula is C11H9F2N3. The SMILES string of the molecule is C=Cc1cnn(-c2ccnc(C(F)F)c2)c1. The van der Waals surface area contributed by atoms with Crippen molar-refractivity contribution in [2.75, 3.05) is 0 Å². The van der Waals surface area contributed by atoms with E-state index in [1.807, 2.05) is 0 Å². The predicted molar refractivity (Wildman–Crippen MR) is 56.4 cm³/mol. The Bertz CT molecular complexity index is 505. The van der Waals surface area contributed by atoms with E-state index in [1.165, 1.54) is 16.9 Å². The average Bonchev–Trinajstić information content (AvgIpc) is 2.77. The maximum Gasteiger partial charge on any atom is 0.280 e. The molecule has 0 saturated heterocycles. The van der Waals surface area contributed by atoms with Crippen molar-refractivity contribution in [2.45, 2.75) is 6.43 Å². The number of halogens is 2. The molecule has 16 heavy (non-hydrogen) atoms. The van der Waals surface area contributed by atoms with Gasteiger partial charge in [0, 0.05) is 18.0 Å².